The third-order valence-corrected chi connectivity index (χ3v) is 3.19. The molecule has 0 saturated carbocycles. The Labute approximate surface area is 105 Å². The van der Waals surface area contributed by atoms with Gasteiger partial charge < -0.3 is 4.42 Å². The summed E-state index contributed by atoms with van der Waals surface area (Å²) in [6.07, 6.45) is 0. The molecule has 0 unspecified atom stereocenters. The molecule has 2 aliphatic rings. The van der Waals surface area contributed by atoms with Crippen LogP contribution in [0.5, 0.6) is 0 Å². The van der Waals surface area contributed by atoms with Gasteiger partial charge in [-0.15, -0.1) is 0 Å². The Balaban J connectivity index is 2.57. The van der Waals surface area contributed by atoms with Crippen LogP contribution in [0, 0.1) is 6.92 Å². The molecule has 1 aromatic rings. The predicted octanol–water partition coefficient (Wildman–Crippen LogP) is 1.94. The Bertz CT molecular complexity index is 850. The molecule has 6 heteroatoms. The zero-order valence-electron chi connectivity index (χ0n) is 9.28. The number of nitrogens with zero attached hydrogens (tertiary/aromatic N) is 1. The van der Waals surface area contributed by atoms with E-state index in [1.54, 1.807) is 12.1 Å². The first kappa shape index (κ1) is 11.0. The molecule has 2 heterocycles. The fourth-order valence-electron chi connectivity index (χ4n) is 1.79. The maximum Gasteiger partial charge on any atom is 0.351 e. The summed E-state index contributed by atoms with van der Waals surface area (Å²) >= 11 is 6.12. The molecule has 1 N–H and O–H groups in total. The largest absolute Gasteiger partial charge is 0.436 e. The second-order valence-electron chi connectivity index (χ2n) is 3.95. The lowest BCUT2D eigenvalue weighted by Gasteiger charge is -2.06. The number of fused-ring (bicyclic) bond motifs is 2. The van der Waals surface area contributed by atoms with Gasteiger partial charge in [-0.2, -0.15) is 4.98 Å². The summed E-state index contributed by atoms with van der Waals surface area (Å²) in [7, 11) is 0. The van der Waals surface area contributed by atoms with Crippen LogP contribution in [0.4, 0.5) is 0 Å². The van der Waals surface area contributed by atoms with E-state index in [1.807, 2.05) is 13.0 Å². The molecule has 0 bridgehead atoms. The van der Waals surface area contributed by atoms with Gasteiger partial charge in [0.25, 0.3) is 5.56 Å². The summed E-state index contributed by atoms with van der Waals surface area (Å²) in [5, 5.41) is 1.13. The van der Waals surface area contributed by atoms with Crippen LogP contribution in [0.2, 0.25) is 5.02 Å². The third kappa shape index (κ3) is 1.52. The van der Waals surface area contributed by atoms with Crippen molar-refractivity contribution in [2.75, 3.05) is 0 Å². The van der Waals surface area contributed by atoms with Crippen LogP contribution in [0.15, 0.2) is 32.2 Å². The van der Waals surface area contributed by atoms with Crippen molar-refractivity contribution in [2.45, 2.75) is 6.92 Å². The highest BCUT2D eigenvalue weighted by Gasteiger charge is 2.15. The summed E-state index contributed by atoms with van der Waals surface area (Å²) in [5.41, 5.74) is 0.231. The molecular formula is C12H7ClN2O3. The minimum Gasteiger partial charge on any atom is -0.436 e. The van der Waals surface area contributed by atoms with E-state index >= 15 is 0 Å². The van der Waals surface area contributed by atoms with Crippen molar-refractivity contribution in [2.24, 2.45) is 0 Å². The minimum atomic E-state index is -0.737. The van der Waals surface area contributed by atoms with Crippen molar-refractivity contribution in [1.82, 2.24) is 9.97 Å². The number of halogens is 1. The van der Waals surface area contributed by atoms with Gasteiger partial charge in [0.05, 0.1) is 5.02 Å². The predicted molar refractivity (Wildman–Crippen MR) is 67.3 cm³/mol. The minimum absolute atomic E-state index is 0.0104. The van der Waals surface area contributed by atoms with Crippen LogP contribution in [0.1, 0.15) is 5.56 Å². The number of nitrogens with one attached hydrogen (secondary N) is 1. The van der Waals surface area contributed by atoms with Gasteiger partial charge in [-0.05, 0) is 18.6 Å². The quantitative estimate of drug-likeness (QED) is 0.628. The van der Waals surface area contributed by atoms with Crippen molar-refractivity contribution in [3.05, 3.63) is 49.6 Å². The summed E-state index contributed by atoms with van der Waals surface area (Å²) in [6.45, 7) is 1.84. The van der Waals surface area contributed by atoms with Crippen molar-refractivity contribution in [1.29, 1.82) is 0 Å². The molecule has 18 heavy (non-hydrogen) atoms. The molecule has 90 valence electrons. The van der Waals surface area contributed by atoms with Crippen LogP contribution in [0.3, 0.4) is 0 Å². The SMILES string of the molecule is Cc1ccc2cc3c(=O)[nH]c(=O)nc-3oc2c1Cl. The van der Waals surface area contributed by atoms with Gasteiger partial charge in [-0.1, -0.05) is 23.7 Å². The molecule has 5 nitrogen and oxygen atoms in total. The number of hydrogen-bond acceptors (Lipinski definition) is 4. The summed E-state index contributed by atoms with van der Waals surface area (Å²) in [4.78, 5) is 28.4. The average molecular weight is 263 g/mol. The molecule has 0 amide bonds. The summed E-state index contributed by atoms with van der Waals surface area (Å²) in [6, 6.07) is 5.23. The number of aromatic nitrogens is 2. The lowest BCUT2D eigenvalue weighted by Crippen LogP contribution is -2.24. The molecule has 0 fully saturated rings. The smallest absolute Gasteiger partial charge is 0.351 e. The number of aromatic amines is 1. The highest BCUT2D eigenvalue weighted by Crippen LogP contribution is 2.30. The van der Waals surface area contributed by atoms with Crippen molar-refractivity contribution >= 4 is 22.6 Å². The average Bonchev–Trinajstić information content (AvgIpc) is 2.33. The van der Waals surface area contributed by atoms with E-state index in [4.69, 9.17) is 16.0 Å². The molecule has 0 atom stereocenters. The number of hydrogen-bond donors (Lipinski definition) is 1. The molecule has 3 rings (SSSR count). The van der Waals surface area contributed by atoms with E-state index in [9.17, 15) is 9.59 Å². The van der Waals surface area contributed by atoms with E-state index in [1.165, 1.54) is 0 Å². The lowest BCUT2D eigenvalue weighted by molar-refractivity contribution is 0.592. The molecule has 0 spiro atoms. The normalized spacial score (nSPS) is 11.2. The fourth-order valence-corrected chi connectivity index (χ4v) is 2.00. The van der Waals surface area contributed by atoms with Crippen LogP contribution in [-0.4, -0.2) is 9.97 Å². The summed E-state index contributed by atoms with van der Waals surface area (Å²) in [5.74, 6) is -0.0104. The summed E-state index contributed by atoms with van der Waals surface area (Å²) < 4.78 is 5.46. The molecule has 0 radical (unpaired) electrons. The van der Waals surface area contributed by atoms with Crippen LogP contribution in [0.25, 0.3) is 22.4 Å². The monoisotopic (exact) mass is 262 g/mol. The van der Waals surface area contributed by atoms with Gasteiger partial charge in [0, 0.05) is 5.39 Å². The maximum atomic E-state index is 11.6. The fraction of sp³-hybridized carbons (Fsp3) is 0.0833. The Morgan fingerprint density at radius 3 is 2.89 bits per heavy atom. The standard InChI is InChI=1S/C12H7ClN2O3/c1-5-2-3-6-4-7-10(16)14-12(17)15-11(7)18-9(6)8(5)13/h2-4H,1H3,(H,14,16,17). The topological polar surface area (TPSA) is 76.0 Å². The molecule has 2 aliphatic heterocycles. The highest BCUT2D eigenvalue weighted by atomic mass is 35.5. The number of rotatable bonds is 0. The Kier molecular flexibility index (Phi) is 2.24. The molecular weight excluding hydrogens is 256 g/mol. The first-order chi connectivity index (χ1) is 8.56. The zero-order chi connectivity index (χ0) is 12.9. The highest BCUT2D eigenvalue weighted by molar-refractivity contribution is 6.35. The number of benzene rings is 1. The second kappa shape index (κ2) is 3.68. The van der Waals surface area contributed by atoms with Crippen LogP contribution in [-0.2, 0) is 0 Å². The molecule has 0 saturated heterocycles. The zero-order valence-corrected chi connectivity index (χ0v) is 10.0. The van der Waals surface area contributed by atoms with Gasteiger partial charge in [-0.25, -0.2) is 4.79 Å². The van der Waals surface area contributed by atoms with Gasteiger partial charge >= 0.3 is 5.69 Å². The van der Waals surface area contributed by atoms with Gasteiger partial charge in [0.2, 0.25) is 5.89 Å². The van der Waals surface area contributed by atoms with E-state index in [0.29, 0.717) is 16.0 Å². The van der Waals surface area contributed by atoms with E-state index < -0.39 is 11.2 Å². The Morgan fingerprint density at radius 1 is 1.33 bits per heavy atom. The van der Waals surface area contributed by atoms with Crippen molar-refractivity contribution in [3.63, 3.8) is 0 Å². The third-order valence-electron chi connectivity index (χ3n) is 2.72. The number of H-pyrrole nitrogens is 1. The number of aryl methyl sites for hydroxylation is 1. The van der Waals surface area contributed by atoms with Gasteiger partial charge in [0.15, 0.2) is 5.58 Å². The van der Waals surface area contributed by atoms with Crippen molar-refractivity contribution < 1.29 is 4.42 Å². The van der Waals surface area contributed by atoms with Crippen LogP contribution < -0.4 is 11.2 Å². The Morgan fingerprint density at radius 2 is 2.11 bits per heavy atom. The molecule has 0 aliphatic carbocycles. The Hall–Kier alpha value is -2.14. The maximum absolute atomic E-state index is 11.6. The van der Waals surface area contributed by atoms with Gasteiger partial charge in [-0.3, -0.25) is 9.78 Å². The van der Waals surface area contributed by atoms with Gasteiger partial charge in [0.1, 0.15) is 5.56 Å². The van der Waals surface area contributed by atoms with Crippen LogP contribution >= 0.6 is 11.6 Å². The van der Waals surface area contributed by atoms with Crippen molar-refractivity contribution in [3.8, 4) is 11.5 Å². The molecule has 1 aromatic carbocycles. The lowest BCUT2D eigenvalue weighted by atomic mass is 10.1. The first-order valence-corrected chi connectivity index (χ1v) is 5.57. The van der Waals surface area contributed by atoms with E-state index in [-0.39, 0.29) is 11.5 Å². The first-order valence-electron chi connectivity index (χ1n) is 5.19. The van der Waals surface area contributed by atoms with E-state index in [0.717, 1.165) is 5.56 Å². The second-order valence-corrected chi connectivity index (χ2v) is 4.33. The molecule has 0 aromatic heterocycles. The van der Waals surface area contributed by atoms with E-state index in [2.05, 4.69) is 9.97 Å².